The fourth-order valence-electron chi connectivity index (χ4n) is 3.61. The number of benzene rings is 3. The monoisotopic (exact) mass is 506 g/mol. The number of amides is 2. The second-order valence-electron chi connectivity index (χ2n) is 8.23. The molecule has 0 aliphatic heterocycles. The summed E-state index contributed by atoms with van der Waals surface area (Å²) in [5, 5.41) is 8.40. The van der Waals surface area contributed by atoms with Gasteiger partial charge in [-0.2, -0.15) is 5.10 Å². The molecule has 0 saturated heterocycles. The number of hydrogen-bond acceptors (Lipinski definition) is 3. The number of carbonyl (C=O) groups excluding carboxylic acids is 2. The molecule has 0 spiro atoms. The first kappa shape index (κ1) is 24.5. The van der Waals surface area contributed by atoms with Crippen molar-refractivity contribution in [2.45, 2.75) is 19.9 Å². The number of halogens is 2. The van der Waals surface area contributed by atoms with E-state index in [-0.39, 0.29) is 24.4 Å². The molecule has 0 fully saturated rings. The van der Waals surface area contributed by atoms with Gasteiger partial charge in [-0.1, -0.05) is 71.7 Å². The van der Waals surface area contributed by atoms with Crippen molar-refractivity contribution < 1.29 is 9.59 Å². The van der Waals surface area contributed by atoms with Gasteiger partial charge in [0.1, 0.15) is 12.4 Å². The fourth-order valence-corrected chi connectivity index (χ4v) is 3.90. The second kappa shape index (κ2) is 10.8. The summed E-state index contributed by atoms with van der Waals surface area (Å²) in [5.74, 6) is -0.106. The highest BCUT2D eigenvalue weighted by Gasteiger charge is 2.23. The molecule has 2 amide bonds. The fraction of sp³-hybridized carbons (Fsp3) is 0.148. The third-order valence-electron chi connectivity index (χ3n) is 5.41. The first-order chi connectivity index (χ1) is 16.8. The van der Waals surface area contributed by atoms with Gasteiger partial charge in [-0.3, -0.25) is 9.59 Å². The van der Waals surface area contributed by atoms with Crippen LogP contribution in [0.3, 0.4) is 0 Å². The molecule has 0 aliphatic carbocycles. The molecule has 1 N–H and O–H groups in total. The van der Waals surface area contributed by atoms with Crippen LogP contribution in [0.1, 0.15) is 24.2 Å². The van der Waals surface area contributed by atoms with E-state index in [1.165, 1.54) is 4.90 Å². The van der Waals surface area contributed by atoms with E-state index in [0.29, 0.717) is 32.8 Å². The third kappa shape index (κ3) is 5.73. The van der Waals surface area contributed by atoms with Crippen LogP contribution in [0, 0.1) is 0 Å². The number of nitrogens with zero attached hydrogens (tertiary/aromatic N) is 3. The predicted molar refractivity (Wildman–Crippen MR) is 140 cm³/mol. The van der Waals surface area contributed by atoms with Gasteiger partial charge in [0.05, 0.1) is 21.4 Å². The van der Waals surface area contributed by atoms with Crippen molar-refractivity contribution in [3.05, 3.63) is 101 Å². The van der Waals surface area contributed by atoms with Gasteiger partial charge >= 0.3 is 0 Å². The molecule has 0 bridgehead atoms. The summed E-state index contributed by atoms with van der Waals surface area (Å²) in [6.07, 6.45) is 0. The van der Waals surface area contributed by atoms with Crippen molar-refractivity contribution in [1.29, 1.82) is 0 Å². The number of hydrogen-bond donors (Lipinski definition) is 1. The molecule has 1 heterocycles. The number of anilines is 1. The molecule has 4 aromatic rings. The summed E-state index contributed by atoms with van der Waals surface area (Å²) >= 11 is 12.3. The molecular formula is C27H24Cl2N4O2. The molecule has 6 nitrogen and oxygen atoms in total. The van der Waals surface area contributed by atoms with Crippen LogP contribution in [0.25, 0.3) is 16.9 Å². The van der Waals surface area contributed by atoms with E-state index in [0.717, 1.165) is 5.56 Å². The van der Waals surface area contributed by atoms with Gasteiger partial charge < -0.3 is 10.2 Å². The maximum absolute atomic E-state index is 13.1. The first-order valence-electron chi connectivity index (χ1n) is 11.1. The summed E-state index contributed by atoms with van der Waals surface area (Å²) in [6.45, 7) is 3.64. The number of rotatable bonds is 7. The van der Waals surface area contributed by atoms with Crippen LogP contribution in [0.4, 0.5) is 5.82 Å². The van der Waals surface area contributed by atoms with E-state index in [1.54, 1.807) is 53.2 Å². The first-order valence-corrected chi connectivity index (χ1v) is 11.9. The predicted octanol–water partition coefficient (Wildman–Crippen LogP) is 6.34. The lowest BCUT2D eigenvalue weighted by atomic mass is 10.1. The summed E-state index contributed by atoms with van der Waals surface area (Å²) in [6, 6.07) is 25.3. The van der Waals surface area contributed by atoms with Gasteiger partial charge in [-0.25, -0.2) is 4.68 Å². The normalized spacial score (nSPS) is 10.9. The SMILES string of the molecule is CC(C)N(CC(=O)Nc1cc(-c2ccccc2)nn1-c1ccc(Cl)c(Cl)c1)C(=O)c1ccccc1. The average Bonchev–Trinajstić information content (AvgIpc) is 3.28. The van der Waals surface area contributed by atoms with Crippen molar-refractivity contribution in [2.24, 2.45) is 0 Å². The minimum absolute atomic E-state index is 0.112. The van der Waals surface area contributed by atoms with E-state index in [4.69, 9.17) is 28.3 Å². The van der Waals surface area contributed by atoms with Gasteiger partial charge in [0.2, 0.25) is 5.91 Å². The maximum Gasteiger partial charge on any atom is 0.254 e. The van der Waals surface area contributed by atoms with E-state index in [9.17, 15) is 9.59 Å². The number of aromatic nitrogens is 2. The van der Waals surface area contributed by atoms with Crippen LogP contribution >= 0.6 is 23.2 Å². The van der Waals surface area contributed by atoms with Crippen LogP contribution in [-0.4, -0.2) is 39.1 Å². The van der Waals surface area contributed by atoms with Gasteiger partial charge in [0, 0.05) is 23.2 Å². The molecular weight excluding hydrogens is 483 g/mol. The van der Waals surface area contributed by atoms with Gasteiger partial charge in [-0.15, -0.1) is 0 Å². The summed E-state index contributed by atoms with van der Waals surface area (Å²) in [7, 11) is 0. The standard InChI is InChI=1S/C27H24Cl2N4O2/c1-18(2)32(27(35)20-11-7-4-8-12-20)17-26(34)30-25-16-24(19-9-5-3-6-10-19)31-33(25)21-13-14-22(28)23(29)15-21/h3-16,18H,17H2,1-2H3,(H,30,34). The summed E-state index contributed by atoms with van der Waals surface area (Å²) in [5.41, 5.74) is 2.73. The van der Waals surface area contributed by atoms with Crippen molar-refractivity contribution in [3.63, 3.8) is 0 Å². The van der Waals surface area contributed by atoms with E-state index >= 15 is 0 Å². The molecule has 3 aromatic carbocycles. The lowest BCUT2D eigenvalue weighted by Crippen LogP contribution is -2.42. The Bertz CT molecular complexity index is 1340. The molecule has 0 unspecified atom stereocenters. The Balaban J connectivity index is 1.64. The zero-order valence-corrected chi connectivity index (χ0v) is 20.8. The Kier molecular flexibility index (Phi) is 7.54. The van der Waals surface area contributed by atoms with Crippen LogP contribution in [0.2, 0.25) is 10.0 Å². The molecule has 0 radical (unpaired) electrons. The largest absolute Gasteiger partial charge is 0.327 e. The minimum Gasteiger partial charge on any atom is -0.327 e. The molecule has 1 aromatic heterocycles. The van der Waals surface area contributed by atoms with Crippen molar-refractivity contribution in [1.82, 2.24) is 14.7 Å². The topological polar surface area (TPSA) is 67.2 Å². The van der Waals surface area contributed by atoms with Crippen molar-refractivity contribution >= 4 is 40.8 Å². The molecule has 178 valence electrons. The lowest BCUT2D eigenvalue weighted by molar-refractivity contribution is -0.117. The summed E-state index contributed by atoms with van der Waals surface area (Å²) in [4.78, 5) is 27.7. The lowest BCUT2D eigenvalue weighted by Gasteiger charge is -2.26. The summed E-state index contributed by atoms with van der Waals surface area (Å²) < 4.78 is 1.60. The zero-order valence-electron chi connectivity index (χ0n) is 19.3. The second-order valence-corrected chi connectivity index (χ2v) is 9.05. The van der Waals surface area contributed by atoms with Gasteiger partial charge in [0.25, 0.3) is 5.91 Å². The molecule has 0 atom stereocenters. The third-order valence-corrected chi connectivity index (χ3v) is 6.15. The Labute approximate surface area is 214 Å². The minimum atomic E-state index is -0.344. The zero-order chi connectivity index (χ0) is 24.9. The molecule has 4 rings (SSSR count). The highest BCUT2D eigenvalue weighted by molar-refractivity contribution is 6.42. The van der Waals surface area contributed by atoms with Crippen LogP contribution in [-0.2, 0) is 4.79 Å². The Hall–Kier alpha value is -3.61. The molecule has 35 heavy (non-hydrogen) atoms. The number of nitrogens with one attached hydrogen (secondary N) is 1. The molecule has 0 saturated carbocycles. The van der Waals surface area contributed by atoms with E-state index in [2.05, 4.69) is 5.32 Å². The van der Waals surface area contributed by atoms with Crippen LogP contribution in [0.5, 0.6) is 0 Å². The Morgan fingerprint density at radius 3 is 2.20 bits per heavy atom. The molecule has 0 aliphatic rings. The highest BCUT2D eigenvalue weighted by atomic mass is 35.5. The smallest absolute Gasteiger partial charge is 0.254 e. The van der Waals surface area contributed by atoms with Crippen molar-refractivity contribution in [2.75, 3.05) is 11.9 Å². The Morgan fingerprint density at radius 2 is 1.57 bits per heavy atom. The van der Waals surface area contributed by atoms with Gasteiger partial charge in [0.15, 0.2) is 0 Å². The average molecular weight is 507 g/mol. The van der Waals surface area contributed by atoms with Crippen LogP contribution in [0.15, 0.2) is 84.9 Å². The van der Waals surface area contributed by atoms with E-state index < -0.39 is 0 Å². The van der Waals surface area contributed by atoms with Gasteiger partial charge in [-0.05, 0) is 44.2 Å². The quantitative estimate of drug-likeness (QED) is 0.318. The van der Waals surface area contributed by atoms with E-state index in [1.807, 2.05) is 50.2 Å². The van der Waals surface area contributed by atoms with Crippen LogP contribution < -0.4 is 5.32 Å². The number of carbonyl (C=O) groups is 2. The Morgan fingerprint density at radius 1 is 0.914 bits per heavy atom. The molecule has 8 heteroatoms. The maximum atomic E-state index is 13.1. The highest BCUT2D eigenvalue weighted by Crippen LogP contribution is 2.29. The van der Waals surface area contributed by atoms with Crippen molar-refractivity contribution in [3.8, 4) is 16.9 Å².